The molecule has 0 heterocycles. The molecule has 1 unspecified atom stereocenters. The molecule has 0 aliphatic carbocycles. The second kappa shape index (κ2) is 8.47. The zero-order chi connectivity index (χ0) is 15.0. The Morgan fingerprint density at radius 1 is 1.21 bits per heavy atom. The van der Waals surface area contributed by atoms with E-state index in [0.29, 0.717) is 0 Å². The number of carbonyl (C=O) groups is 3. The van der Waals surface area contributed by atoms with Crippen LogP contribution in [0, 0.1) is 5.92 Å². The number of nitrogens with one attached hydrogen (secondary N) is 1. The Morgan fingerprint density at radius 2 is 1.79 bits per heavy atom. The van der Waals surface area contributed by atoms with Crippen LogP contribution in [0.5, 0.6) is 0 Å². The molecule has 1 amide bonds. The summed E-state index contributed by atoms with van der Waals surface area (Å²) in [5.74, 6) is -2.46. The fraction of sp³-hybridized carbons (Fsp3) is 0.750. The van der Waals surface area contributed by atoms with Crippen molar-refractivity contribution in [2.45, 2.75) is 51.6 Å². The zero-order valence-corrected chi connectivity index (χ0v) is 11.3. The van der Waals surface area contributed by atoms with Crippen molar-refractivity contribution in [2.75, 3.05) is 0 Å². The molecule has 7 heteroatoms. The largest absolute Gasteiger partial charge is 0.481 e. The molecule has 0 rings (SSSR count). The van der Waals surface area contributed by atoms with Crippen LogP contribution in [-0.2, 0) is 14.4 Å². The number of nitrogens with two attached hydrogens (primary N) is 1. The molecule has 19 heavy (non-hydrogen) atoms. The van der Waals surface area contributed by atoms with Crippen molar-refractivity contribution in [2.24, 2.45) is 11.7 Å². The highest BCUT2D eigenvalue weighted by molar-refractivity contribution is 5.83. The molecule has 2 atom stereocenters. The summed E-state index contributed by atoms with van der Waals surface area (Å²) in [6.07, 6.45) is 0.221. The van der Waals surface area contributed by atoms with Gasteiger partial charge in [0.05, 0.1) is 0 Å². The lowest BCUT2D eigenvalue weighted by molar-refractivity contribution is -0.142. The van der Waals surface area contributed by atoms with E-state index >= 15 is 0 Å². The van der Waals surface area contributed by atoms with Crippen molar-refractivity contribution < 1.29 is 24.6 Å². The minimum atomic E-state index is -1.17. The zero-order valence-electron chi connectivity index (χ0n) is 11.3. The second-order valence-corrected chi connectivity index (χ2v) is 4.86. The van der Waals surface area contributed by atoms with Gasteiger partial charge >= 0.3 is 11.9 Å². The van der Waals surface area contributed by atoms with Gasteiger partial charge in [0.15, 0.2) is 0 Å². The van der Waals surface area contributed by atoms with Gasteiger partial charge in [0, 0.05) is 18.9 Å². The fourth-order valence-electron chi connectivity index (χ4n) is 1.42. The number of rotatable bonds is 9. The number of hydrogen-bond acceptors (Lipinski definition) is 4. The summed E-state index contributed by atoms with van der Waals surface area (Å²) in [4.78, 5) is 32.9. The molecule has 0 bridgehead atoms. The first-order chi connectivity index (χ1) is 8.73. The van der Waals surface area contributed by atoms with Crippen molar-refractivity contribution in [1.29, 1.82) is 0 Å². The summed E-state index contributed by atoms with van der Waals surface area (Å²) < 4.78 is 0. The number of hydrogen-bond donors (Lipinski definition) is 4. The summed E-state index contributed by atoms with van der Waals surface area (Å²) in [5.41, 5.74) is 5.72. The molecule has 0 fully saturated rings. The second-order valence-electron chi connectivity index (χ2n) is 4.86. The normalized spacial score (nSPS) is 13.9. The van der Waals surface area contributed by atoms with E-state index in [1.807, 2.05) is 13.8 Å². The summed E-state index contributed by atoms with van der Waals surface area (Å²) in [5, 5.41) is 19.8. The third kappa shape index (κ3) is 8.15. The molecule has 5 N–H and O–H groups in total. The van der Waals surface area contributed by atoms with Crippen LogP contribution < -0.4 is 11.1 Å². The maximum atomic E-state index is 11.6. The van der Waals surface area contributed by atoms with Gasteiger partial charge in [-0.1, -0.05) is 13.8 Å². The van der Waals surface area contributed by atoms with E-state index in [4.69, 9.17) is 15.9 Å². The third-order valence-electron chi connectivity index (χ3n) is 2.79. The van der Waals surface area contributed by atoms with Gasteiger partial charge in [-0.05, 0) is 18.8 Å². The Kier molecular flexibility index (Phi) is 7.74. The number of carboxylic acid groups (broad SMARTS) is 2. The molecule has 0 spiro atoms. The molecule has 0 saturated heterocycles. The van der Waals surface area contributed by atoms with Gasteiger partial charge in [-0.3, -0.25) is 9.59 Å². The van der Waals surface area contributed by atoms with Gasteiger partial charge in [0.2, 0.25) is 5.91 Å². The lowest BCUT2D eigenvalue weighted by Crippen LogP contribution is -2.43. The Hall–Kier alpha value is -1.63. The van der Waals surface area contributed by atoms with Crippen molar-refractivity contribution in [3.8, 4) is 0 Å². The summed E-state index contributed by atoms with van der Waals surface area (Å²) in [6, 6.07) is -1.39. The van der Waals surface area contributed by atoms with Crippen LogP contribution in [0.1, 0.15) is 39.5 Å². The monoisotopic (exact) mass is 274 g/mol. The van der Waals surface area contributed by atoms with E-state index in [-0.39, 0.29) is 37.6 Å². The van der Waals surface area contributed by atoms with Crippen LogP contribution in [0.3, 0.4) is 0 Å². The molecule has 7 nitrogen and oxygen atoms in total. The predicted molar refractivity (Wildman–Crippen MR) is 68.5 cm³/mol. The third-order valence-corrected chi connectivity index (χ3v) is 2.79. The maximum absolute atomic E-state index is 11.6. The number of carboxylic acids is 2. The number of amides is 1. The van der Waals surface area contributed by atoms with E-state index in [9.17, 15) is 14.4 Å². The van der Waals surface area contributed by atoms with Gasteiger partial charge in [-0.2, -0.15) is 0 Å². The van der Waals surface area contributed by atoms with Crippen LogP contribution in [0.25, 0.3) is 0 Å². The van der Waals surface area contributed by atoms with Crippen molar-refractivity contribution in [3.05, 3.63) is 0 Å². The highest BCUT2D eigenvalue weighted by atomic mass is 16.4. The van der Waals surface area contributed by atoms with Crippen LogP contribution in [0.2, 0.25) is 0 Å². The van der Waals surface area contributed by atoms with Crippen molar-refractivity contribution in [1.82, 2.24) is 5.32 Å². The first-order valence-corrected chi connectivity index (χ1v) is 6.23. The molecular weight excluding hydrogens is 252 g/mol. The fourth-order valence-corrected chi connectivity index (χ4v) is 1.42. The predicted octanol–water partition coefficient (Wildman–Crippen LogP) is 0.184. The SMILES string of the molecule is CC(C)C(N)CC(=O)N[C@H](CCCC(=O)O)C(=O)O. The molecule has 0 radical (unpaired) electrons. The van der Waals surface area contributed by atoms with E-state index < -0.39 is 23.9 Å². The van der Waals surface area contributed by atoms with Gasteiger partial charge < -0.3 is 21.3 Å². The molecule has 0 aliphatic rings. The van der Waals surface area contributed by atoms with E-state index in [1.54, 1.807) is 0 Å². The van der Waals surface area contributed by atoms with Gasteiger partial charge in [-0.15, -0.1) is 0 Å². The van der Waals surface area contributed by atoms with Crippen molar-refractivity contribution in [3.63, 3.8) is 0 Å². The van der Waals surface area contributed by atoms with Crippen molar-refractivity contribution >= 4 is 17.8 Å². The molecule has 0 aromatic carbocycles. The molecule has 0 aliphatic heterocycles. The highest BCUT2D eigenvalue weighted by Gasteiger charge is 2.21. The molecule has 110 valence electrons. The lowest BCUT2D eigenvalue weighted by Gasteiger charge is -2.18. The average molecular weight is 274 g/mol. The lowest BCUT2D eigenvalue weighted by atomic mass is 10.0. The van der Waals surface area contributed by atoms with Crippen LogP contribution in [0.4, 0.5) is 0 Å². The molecule has 0 saturated carbocycles. The Balaban J connectivity index is 4.23. The Bertz CT molecular complexity index is 330. The van der Waals surface area contributed by atoms with Crippen LogP contribution in [0.15, 0.2) is 0 Å². The standard InChI is InChI=1S/C12H22N2O5/c1-7(2)8(13)6-10(15)14-9(12(18)19)4-3-5-11(16)17/h7-9H,3-6,13H2,1-2H3,(H,14,15)(H,16,17)(H,18,19)/t8?,9-/m1/s1. The van der Waals surface area contributed by atoms with Gasteiger partial charge in [0.1, 0.15) is 6.04 Å². The average Bonchev–Trinajstić information content (AvgIpc) is 2.26. The van der Waals surface area contributed by atoms with E-state index in [0.717, 1.165) is 0 Å². The van der Waals surface area contributed by atoms with E-state index in [1.165, 1.54) is 0 Å². The Morgan fingerprint density at radius 3 is 2.21 bits per heavy atom. The summed E-state index contributed by atoms with van der Waals surface area (Å²) in [7, 11) is 0. The summed E-state index contributed by atoms with van der Waals surface area (Å²) in [6.45, 7) is 3.75. The molecular formula is C12H22N2O5. The number of carbonyl (C=O) groups excluding carboxylic acids is 1. The first kappa shape index (κ1) is 17.4. The van der Waals surface area contributed by atoms with Crippen LogP contribution in [-0.4, -0.2) is 40.1 Å². The molecule has 0 aromatic heterocycles. The Labute approximate surface area is 112 Å². The minimum absolute atomic E-state index is 0.0559. The number of aliphatic carboxylic acids is 2. The van der Waals surface area contributed by atoms with Gasteiger partial charge in [0.25, 0.3) is 0 Å². The highest BCUT2D eigenvalue weighted by Crippen LogP contribution is 2.05. The summed E-state index contributed by atoms with van der Waals surface area (Å²) >= 11 is 0. The topological polar surface area (TPSA) is 130 Å². The smallest absolute Gasteiger partial charge is 0.326 e. The van der Waals surface area contributed by atoms with Gasteiger partial charge in [-0.25, -0.2) is 4.79 Å². The quantitative estimate of drug-likeness (QED) is 0.474. The molecule has 0 aromatic rings. The van der Waals surface area contributed by atoms with E-state index in [2.05, 4.69) is 5.32 Å². The van der Waals surface area contributed by atoms with Crippen LogP contribution >= 0.6 is 0 Å². The minimum Gasteiger partial charge on any atom is -0.481 e. The maximum Gasteiger partial charge on any atom is 0.326 e. The first-order valence-electron chi connectivity index (χ1n) is 6.23.